The Morgan fingerprint density at radius 2 is 1.80 bits per heavy atom. The molecular formula is C18H18BrClF2NO2-. The number of rotatable bonds is 5. The first kappa shape index (κ1) is 20.1. The number of aliphatic hydroxyl groups is 1. The van der Waals surface area contributed by atoms with Crippen molar-refractivity contribution in [2.24, 2.45) is 0 Å². The summed E-state index contributed by atoms with van der Waals surface area (Å²) in [5.41, 5.74) is 2.58. The van der Waals surface area contributed by atoms with Crippen LogP contribution in [0.3, 0.4) is 0 Å². The predicted molar refractivity (Wildman–Crippen MR) is 91.0 cm³/mol. The van der Waals surface area contributed by atoms with E-state index in [0.717, 1.165) is 31.6 Å². The fourth-order valence-corrected chi connectivity index (χ4v) is 3.31. The van der Waals surface area contributed by atoms with E-state index in [1.54, 1.807) is 0 Å². The summed E-state index contributed by atoms with van der Waals surface area (Å²) >= 11 is 3.01. The lowest BCUT2D eigenvalue weighted by Crippen LogP contribution is -3.00. The zero-order valence-corrected chi connectivity index (χ0v) is 15.7. The molecule has 3 rings (SSSR count). The Hall–Kier alpha value is -1.21. The maximum absolute atomic E-state index is 13.7. The van der Waals surface area contributed by atoms with Gasteiger partial charge in [-0.2, -0.15) is 0 Å². The minimum atomic E-state index is -0.822. The van der Waals surface area contributed by atoms with E-state index in [1.807, 2.05) is 12.1 Å². The first-order chi connectivity index (χ1) is 11.5. The van der Waals surface area contributed by atoms with Crippen LogP contribution in [-0.2, 0) is 13.0 Å². The van der Waals surface area contributed by atoms with Crippen LogP contribution in [0.1, 0.15) is 11.1 Å². The van der Waals surface area contributed by atoms with E-state index in [9.17, 15) is 13.9 Å². The lowest BCUT2D eigenvalue weighted by Gasteiger charge is -2.30. The van der Waals surface area contributed by atoms with Gasteiger partial charge in [-0.1, -0.05) is 40.2 Å². The fourth-order valence-electron chi connectivity index (χ4n) is 2.91. The third kappa shape index (κ3) is 5.14. The molecule has 1 N–H and O–H groups in total. The molecule has 0 saturated carbocycles. The molecule has 136 valence electrons. The lowest BCUT2D eigenvalue weighted by molar-refractivity contribution is -0.00000873. The summed E-state index contributed by atoms with van der Waals surface area (Å²) in [4.78, 5) is 2.12. The number of nitrogens with zero attached hydrogens (tertiary/aromatic N) is 1. The van der Waals surface area contributed by atoms with Crippen molar-refractivity contribution in [3.8, 4) is 5.75 Å². The second-order valence-corrected chi connectivity index (χ2v) is 6.83. The van der Waals surface area contributed by atoms with E-state index in [0.29, 0.717) is 11.0 Å². The quantitative estimate of drug-likeness (QED) is 0.747. The van der Waals surface area contributed by atoms with E-state index < -0.39 is 23.5 Å². The maximum Gasteiger partial charge on any atom is 0.190 e. The van der Waals surface area contributed by atoms with Crippen molar-refractivity contribution < 1.29 is 31.0 Å². The van der Waals surface area contributed by atoms with Gasteiger partial charge < -0.3 is 22.3 Å². The number of hydrogen-bond donors (Lipinski definition) is 1. The molecule has 1 heterocycles. The van der Waals surface area contributed by atoms with E-state index in [2.05, 4.69) is 33.0 Å². The van der Waals surface area contributed by atoms with Gasteiger partial charge >= 0.3 is 0 Å². The molecule has 2 aromatic carbocycles. The second-order valence-electron chi connectivity index (χ2n) is 5.92. The lowest BCUT2D eigenvalue weighted by atomic mass is 10.00. The van der Waals surface area contributed by atoms with Gasteiger partial charge in [-0.3, -0.25) is 4.90 Å². The van der Waals surface area contributed by atoms with Gasteiger partial charge in [0.25, 0.3) is 0 Å². The molecule has 2 aromatic rings. The molecule has 25 heavy (non-hydrogen) atoms. The molecule has 1 aliphatic rings. The Kier molecular flexibility index (Phi) is 7.19. The van der Waals surface area contributed by atoms with Crippen LogP contribution >= 0.6 is 15.9 Å². The molecule has 1 unspecified atom stereocenters. The Morgan fingerprint density at radius 1 is 1.16 bits per heavy atom. The minimum Gasteiger partial charge on any atom is -1.00 e. The summed E-state index contributed by atoms with van der Waals surface area (Å²) in [7, 11) is 0. The molecule has 0 saturated heterocycles. The molecule has 0 fully saturated rings. The Morgan fingerprint density at radius 3 is 2.48 bits per heavy atom. The van der Waals surface area contributed by atoms with Crippen molar-refractivity contribution in [2.45, 2.75) is 19.1 Å². The van der Waals surface area contributed by atoms with E-state index in [4.69, 9.17) is 4.74 Å². The van der Waals surface area contributed by atoms with Gasteiger partial charge in [-0.05, 0) is 29.7 Å². The van der Waals surface area contributed by atoms with Crippen molar-refractivity contribution in [1.82, 2.24) is 4.90 Å². The molecule has 0 aliphatic carbocycles. The third-order valence-electron chi connectivity index (χ3n) is 4.06. The summed E-state index contributed by atoms with van der Waals surface area (Å²) in [6.45, 7) is 1.84. The van der Waals surface area contributed by atoms with Crippen molar-refractivity contribution in [3.63, 3.8) is 0 Å². The number of β-amino-alcohol motifs (C(OH)–C–C–N with tert-alkyl or cyclic N) is 1. The Balaban J connectivity index is 0.00000225. The zero-order chi connectivity index (χ0) is 17.1. The van der Waals surface area contributed by atoms with Gasteiger partial charge in [0.15, 0.2) is 17.4 Å². The molecule has 1 atom stereocenters. The van der Waals surface area contributed by atoms with Crippen molar-refractivity contribution >= 4 is 15.9 Å². The maximum atomic E-state index is 13.7. The molecule has 0 aromatic heterocycles. The van der Waals surface area contributed by atoms with Crippen LogP contribution in [0.5, 0.6) is 5.75 Å². The third-order valence-corrected chi connectivity index (χ3v) is 4.52. The molecule has 0 amide bonds. The van der Waals surface area contributed by atoms with Crippen molar-refractivity contribution in [3.05, 3.63) is 63.6 Å². The Labute approximate surface area is 160 Å². The Bertz CT molecular complexity index is 709. The highest BCUT2D eigenvalue weighted by Gasteiger charge is 2.20. The van der Waals surface area contributed by atoms with Gasteiger partial charge in [0.05, 0.1) is 0 Å². The standard InChI is InChI=1S/C18H18BrF2NO2.ClH/c19-14-7-16(20)18(17(21)8-14)24-11-15(23)10-22-6-5-12-3-1-2-4-13(12)9-22;/h1-4,7-8,15,23H,5-6,9-11H2;1H/p-1. The topological polar surface area (TPSA) is 32.7 Å². The van der Waals surface area contributed by atoms with Gasteiger partial charge in [0.1, 0.15) is 12.7 Å². The van der Waals surface area contributed by atoms with Crippen LogP contribution in [0.4, 0.5) is 8.78 Å². The highest BCUT2D eigenvalue weighted by atomic mass is 79.9. The normalized spacial score (nSPS) is 15.2. The van der Waals surface area contributed by atoms with Crippen LogP contribution in [0.25, 0.3) is 0 Å². The minimum absolute atomic E-state index is 0. The van der Waals surface area contributed by atoms with Gasteiger partial charge in [0, 0.05) is 24.1 Å². The first-order valence-electron chi connectivity index (χ1n) is 7.77. The van der Waals surface area contributed by atoms with Crippen molar-refractivity contribution in [2.75, 3.05) is 19.7 Å². The van der Waals surface area contributed by atoms with Crippen LogP contribution in [0, 0.1) is 11.6 Å². The highest BCUT2D eigenvalue weighted by molar-refractivity contribution is 9.10. The second kappa shape index (κ2) is 8.94. The monoisotopic (exact) mass is 432 g/mol. The summed E-state index contributed by atoms with van der Waals surface area (Å²) in [5, 5.41) is 10.1. The number of fused-ring (bicyclic) bond motifs is 1. The van der Waals surface area contributed by atoms with Crippen LogP contribution in [0.2, 0.25) is 0 Å². The molecule has 0 bridgehead atoms. The molecule has 0 spiro atoms. The fraction of sp³-hybridized carbons (Fsp3) is 0.333. The molecule has 3 nitrogen and oxygen atoms in total. The summed E-state index contributed by atoms with van der Waals surface area (Å²) in [5.74, 6) is -2.04. The average molecular weight is 434 g/mol. The largest absolute Gasteiger partial charge is 1.00 e. The number of ether oxygens (including phenoxy) is 1. The molecular weight excluding hydrogens is 416 g/mol. The first-order valence-corrected chi connectivity index (χ1v) is 8.57. The van der Waals surface area contributed by atoms with Crippen LogP contribution < -0.4 is 17.1 Å². The number of aliphatic hydroxyl groups excluding tert-OH is 1. The SMILES string of the molecule is OC(COc1c(F)cc(Br)cc1F)CN1CCc2ccccc2C1.[Cl-]. The smallest absolute Gasteiger partial charge is 0.190 e. The molecule has 7 heteroatoms. The summed E-state index contributed by atoms with van der Waals surface area (Å²) in [6.07, 6.45) is 0.109. The molecule has 0 radical (unpaired) electrons. The van der Waals surface area contributed by atoms with Crippen molar-refractivity contribution in [1.29, 1.82) is 0 Å². The van der Waals surface area contributed by atoms with E-state index in [1.165, 1.54) is 11.1 Å². The van der Waals surface area contributed by atoms with Gasteiger partial charge in [-0.15, -0.1) is 0 Å². The summed E-state index contributed by atoms with van der Waals surface area (Å²) in [6, 6.07) is 10.5. The number of hydrogen-bond acceptors (Lipinski definition) is 3. The zero-order valence-electron chi connectivity index (χ0n) is 13.4. The molecule has 1 aliphatic heterocycles. The predicted octanol–water partition coefficient (Wildman–Crippen LogP) is 0.529. The van der Waals surface area contributed by atoms with Crippen LogP contribution in [-0.4, -0.2) is 35.8 Å². The van der Waals surface area contributed by atoms with Gasteiger partial charge in [-0.25, -0.2) is 8.78 Å². The number of halogens is 4. The van der Waals surface area contributed by atoms with E-state index in [-0.39, 0.29) is 19.0 Å². The van der Waals surface area contributed by atoms with E-state index >= 15 is 0 Å². The van der Waals surface area contributed by atoms with Crippen LogP contribution in [0.15, 0.2) is 40.9 Å². The summed E-state index contributed by atoms with van der Waals surface area (Å²) < 4.78 is 32.8. The number of benzene rings is 2. The average Bonchev–Trinajstić information content (AvgIpc) is 2.53. The van der Waals surface area contributed by atoms with Gasteiger partial charge in [0.2, 0.25) is 0 Å². The highest BCUT2D eigenvalue weighted by Crippen LogP contribution is 2.26.